The quantitative estimate of drug-likeness (QED) is 0.555. The molecule has 134 valence electrons. The average Bonchev–Trinajstić information content (AvgIpc) is 3.14. The summed E-state index contributed by atoms with van der Waals surface area (Å²) in [5.74, 6) is -0.112. The zero-order valence-corrected chi connectivity index (χ0v) is 15.0. The predicted octanol–water partition coefficient (Wildman–Crippen LogP) is 2.83. The van der Waals surface area contributed by atoms with E-state index in [4.69, 9.17) is 0 Å². The van der Waals surface area contributed by atoms with E-state index in [2.05, 4.69) is 25.3 Å². The largest absolute Gasteiger partial charge is 0.492 e. The van der Waals surface area contributed by atoms with Crippen molar-refractivity contribution in [1.29, 1.82) is 0 Å². The van der Waals surface area contributed by atoms with E-state index in [1.54, 1.807) is 36.1 Å². The molecule has 0 spiro atoms. The van der Waals surface area contributed by atoms with Crippen LogP contribution in [0.1, 0.15) is 15.9 Å². The van der Waals surface area contributed by atoms with Crippen molar-refractivity contribution in [1.82, 2.24) is 25.3 Å². The van der Waals surface area contributed by atoms with Crippen molar-refractivity contribution in [3.8, 4) is 17.4 Å². The fourth-order valence-electron chi connectivity index (χ4n) is 2.64. The van der Waals surface area contributed by atoms with Crippen molar-refractivity contribution in [2.24, 2.45) is 0 Å². The Morgan fingerprint density at radius 3 is 2.85 bits per heavy atom. The predicted molar refractivity (Wildman–Crippen MR) is 103 cm³/mol. The van der Waals surface area contributed by atoms with E-state index in [9.17, 15) is 9.90 Å². The highest BCUT2D eigenvalue weighted by Gasteiger charge is 2.18. The van der Waals surface area contributed by atoms with Gasteiger partial charge in [0.1, 0.15) is 15.9 Å². The van der Waals surface area contributed by atoms with Gasteiger partial charge < -0.3 is 10.4 Å². The summed E-state index contributed by atoms with van der Waals surface area (Å²) >= 11 is 1.24. The average molecular weight is 377 g/mol. The van der Waals surface area contributed by atoms with E-state index in [0.717, 1.165) is 5.56 Å². The van der Waals surface area contributed by atoms with E-state index in [1.807, 2.05) is 18.2 Å². The number of amides is 1. The first-order valence-electron chi connectivity index (χ1n) is 8.29. The number of thiophene rings is 1. The van der Waals surface area contributed by atoms with Crippen LogP contribution in [0.4, 0.5) is 0 Å². The lowest BCUT2D eigenvalue weighted by Crippen LogP contribution is -2.25. The molecule has 0 radical (unpaired) electrons. The van der Waals surface area contributed by atoms with Gasteiger partial charge in [-0.2, -0.15) is 4.98 Å². The van der Waals surface area contributed by atoms with Crippen LogP contribution in [0.3, 0.4) is 0 Å². The van der Waals surface area contributed by atoms with Gasteiger partial charge in [-0.15, -0.1) is 11.3 Å². The van der Waals surface area contributed by atoms with Crippen molar-refractivity contribution >= 4 is 27.5 Å². The Morgan fingerprint density at radius 2 is 2.07 bits per heavy atom. The highest BCUT2D eigenvalue weighted by atomic mass is 32.1. The molecule has 2 N–H and O–H groups in total. The number of nitrogens with zero attached hydrogens (tertiary/aromatic N) is 4. The van der Waals surface area contributed by atoms with Gasteiger partial charge in [-0.3, -0.25) is 14.8 Å². The maximum Gasteiger partial charge on any atom is 0.254 e. The SMILES string of the molecule is O=C(NCCc1cccnc1)c1csc2c(O)nc(-c3ccccn3)nc12. The second kappa shape index (κ2) is 7.46. The Morgan fingerprint density at radius 1 is 1.15 bits per heavy atom. The molecule has 0 aliphatic heterocycles. The van der Waals surface area contributed by atoms with Crippen LogP contribution in [0.5, 0.6) is 5.88 Å². The molecule has 1 amide bonds. The molecule has 0 aliphatic rings. The fraction of sp³-hybridized carbons (Fsp3) is 0.105. The fourth-order valence-corrected chi connectivity index (χ4v) is 3.51. The number of carbonyl (C=O) groups excluding carboxylic acids is 1. The number of hydrogen-bond acceptors (Lipinski definition) is 7. The van der Waals surface area contributed by atoms with Gasteiger partial charge in [0.25, 0.3) is 5.91 Å². The van der Waals surface area contributed by atoms with Crippen LogP contribution < -0.4 is 5.32 Å². The van der Waals surface area contributed by atoms with Crippen molar-refractivity contribution in [3.05, 3.63) is 65.4 Å². The van der Waals surface area contributed by atoms with E-state index in [0.29, 0.717) is 34.4 Å². The van der Waals surface area contributed by atoms with Crippen molar-refractivity contribution < 1.29 is 9.90 Å². The Hall–Kier alpha value is -3.39. The first-order chi connectivity index (χ1) is 13.2. The number of hydrogen-bond donors (Lipinski definition) is 2. The second-order valence-electron chi connectivity index (χ2n) is 5.78. The monoisotopic (exact) mass is 377 g/mol. The van der Waals surface area contributed by atoms with Crippen LogP contribution in [0.25, 0.3) is 21.7 Å². The molecule has 0 fully saturated rings. The summed E-state index contributed by atoms with van der Waals surface area (Å²) in [6, 6.07) is 9.17. The van der Waals surface area contributed by atoms with Gasteiger partial charge in [0.15, 0.2) is 5.82 Å². The normalized spacial score (nSPS) is 10.8. The third kappa shape index (κ3) is 3.61. The lowest BCUT2D eigenvalue weighted by atomic mass is 10.2. The number of aromatic hydroxyl groups is 1. The maximum atomic E-state index is 12.6. The highest BCUT2D eigenvalue weighted by Crippen LogP contribution is 2.32. The van der Waals surface area contributed by atoms with Gasteiger partial charge in [0, 0.05) is 30.5 Å². The molecule has 0 atom stereocenters. The van der Waals surface area contributed by atoms with Gasteiger partial charge in [-0.25, -0.2) is 4.98 Å². The number of fused-ring (bicyclic) bond motifs is 1. The van der Waals surface area contributed by atoms with Crippen LogP contribution in [0, 0.1) is 0 Å². The van der Waals surface area contributed by atoms with Crippen molar-refractivity contribution in [2.45, 2.75) is 6.42 Å². The number of aromatic nitrogens is 4. The van der Waals surface area contributed by atoms with Gasteiger partial charge in [-0.1, -0.05) is 12.1 Å². The summed E-state index contributed by atoms with van der Waals surface area (Å²) < 4.78 is 0.479. The number of nitrogens with one attached hydrogen (secondary N) is 1. The Labute approximate surface area is 158 Å². The van der Waals surface area contributed by atoms with E-state index in [-0.39, 0.29) is 17.6 Å². The van der Waals surface area contributed by atoms with E-state index in [1.165, 1.54) is 11.3 Å². The minimum absolute atomic E-state index is 0.153. The summed E-state index contributed by atoms with van der Waals surface area (Å²) in [5.41, 5.74) is 2.41. The lowest BCUT2D eigenvalue weighted by Gasteiger charge is -2.05. The highest BCUT2D eigenvalue weighted by molar-refractivity contribution is 7.17. The maximum absolute atomic E-state index is 12.6. The third-order valence-corrected chi connectivity index (χ3v) is 4.92. The standard InChI is InChI=1S/C19H15N5O2S/c25-18(22-9-6-12-4-3-7-20-10-12)13-11-27-16-15(13)23-17(24-19(16)26)14-5-1-2-8-21-14/h1-5,7-8,10-11H,6,9H2,(H,22,25)(H,23,24,26). The molecule has 0 aromatic carbocycles. The molecule has 0 bridgehead atoms. The number of carbonyl (C=O) groups is 1. The van der Waals surface area contributed by atoms with Crippen LogP contribution in [0.2, 0.25) is 0 Å². The minimum atomic E-state index is -0.241. The molecule has 4 aromatic rings. The van der Waals surface area contributed by atoms with Crippen LogP contribution in [-0.2, 0) is 6.42 Å². The molecule has 0 saturated heterocycles. The molecule has 27 heavy (non-hydrogen) atoms. The minimum Gasteiger partial charge on any atom is -0.492 e. The summed E-state index contributed by atoms with van der Waals surface area (Å²) in [7, 11) is 0. The van der Waals surface area contributed by atoms with Gasteiger partial charge in [0.05, 0.1) is 5.56 Å². The molecule has 8 heteroatoms. The summed E-state index contributed by atoms with van der Waals surface area (Å²) in [5, 5.41) is 14.8. The molecule has 4 rings (SSSR count). The second-order valence-corrected chi connectivity index (χ2v) is 6.66. The zero-order valence-electron chi connectivity index (χ0n) is 14.2. The topological polar surface area (TPSA) is 101 Å². The first kappa shape index (κ1) is 17.0. The van der Waals surface area contributed by atoms with Gasteiger partial charge in [-0.05, 0) is 30.2 Å². The Kier molecular flexibility index (Phi) is 4.71. The lowest BCUT2D eigenvalue weighted by molar-refractivity contribution is 0.0956. The smallest absolute Gasteiger partial charge is 0.254 e. The number of rotatable bonds is 5. The zero-order chi connectivity index (χ0) is 18.6. The Balaban J connectivity index is 1.58. The first-order valence-corrected chi connectivity index (χ1v) is 9.17. The molecule has 4 heterocycles. The van der Waals surface area contributed by atoms with Crippen LogP contribution in [0.15, 0.2) is 54.3 Å². The molecule has 0 saturated carbocycles. The molecular weight excluding hydrogens is 362 g/mol. The van der Waals surface area contributed by atoms with Crippen LogP contribution in [-0.4, -0.2) is 37.5 Å². The van der Waals surface area contributed by atoms with Crippen molar-refractivity contribution in [2.75, 3.05) is 6.54 Å². The number of pyridine rings is 2. The van der Waals surface area contributed by atoms with E-state index >= 15 is 0 Å². The summed E-state index contributed by atoms with van der Waals surface area (Å²) in [6.07, 6.45) is 5.79. The molecular formula is C19H15N5O2S. The van der Waals surface area contributed by atoms with E-state index < -0.39 is 0 Å². The molecule has 4 aromatic heterocycles. The van der Waals surface area contributed by atoms with Crippen LogP contribution >= 0.6 is 11.3 Å². The van der Waals surface area contributed by atoms with Crippen molar-refractivity contribution in [3.63, 3.8) is 0 Å². The molecule has 0 aliphatic carbocycles. The molecule has 7 nitrogen and oxygen atoms in total. The van der Waals surface area contributed by atoms with Gasteiger partial charge in [0.2, 0.25) is 5.88 Å². The van der Waals surface area contributed by atoms with Gasteiger partial charge >= 0.3 is 0 Å². The summed E-state index contributed by atoms with van der Waals surface area (Å²) in [4.78, 5) is 29.4. The Bertz CT molecular complexity index is 1080. The summed E-state index contributed by atoms with van der Waals surface area (Å²) in [6.45, 7) is 0.478. The third-order valence-electron chi connectivity index (χ3n) is 3.96. The molecule has 0 unspecified atom stereocenters.